The van der Waals surface area contributed by atoms with Gasteiger partial charge in [-0.1, -0.05) is 28.1 Å². The van der Waals surface area contributed by atoms with Crippen LogP contribution in [0.25, 0.3) is 0 Å². The van der Waals surface area contributed by atoms with Crippen LogP contribution in [-0.4, -0.2) is 11.1 Å². The lowest BCUT2D eigenvalue weighted by Gasteiger charge is -2.09. The number of benzene rings is 1. The lowest BCUT2D eigenvalue weighted by atomic mass is 9.96. The number of halogens is 1. The van der Waals surface area contributed by atoms with Crippen LogP contribution in [0.1, 0.15) is 22.3 Å². The van der Waals surface area contributed by atoms with Crippen LogP contribution >= 0.6 is 15.9 Å². The highest BCUT2D eigenvalue weighted by atomic mass is 79.9. The third-order valence-corrected chi connectivity index (χ3v) is 2.81. The molecular weight excluding hydrogens is 258 g/mol. The summed E-state index contributed by atoms with van der Waals surface area (Å²) in [5.74, 6) is -0.917. The van der Waals surface area contributed by atoms with Crippen LogP contribution in [0.5, 0.6) is 0 Å². The first-order valence-corrected chi connectivity index (χ1v) is 5.51. The number of hydrogen-bond acceptors (Lipinski definition) is 2. The van der Waals surface area contributed by atoms with Crippen LogP contribution in [0.15, 0.2) is 12.1 Å². The van der Waals surface area contributed by atoms with Gasteiger partial charge < -0.3 is 5.11 Å². The maximum absolute atomic E-state index is 10.7. The van der Waals surface area contributed by atoms with Crippen LogP contribution in [0, 0.1) is 18.3 Å². The second-order valence-corrected chi connectivity index (χ2v) is 3.77. The van der Waals surface area contributed by atoms with Crippen LogP contribution in [0.3, 0.4) is 0 Å². The summed E-state index contributed by atoms with van der Waals surface area (Å²) in [6.07, 6.45) is -0.106. The first-order valence-electron chi connectivity index (χ1n) is 4.39. The molecule has 1 aromatic rings. The summed E-state index contributed by atoms with van der Waals surface area (Å²) < 4.78 is 0. The molecule has 0 saturated heterocycles. The first-order chi connectivity index (χ1) is 7.10. The van der Waals surface area contributed by atoms with E-state index in [0.29, 0.717) is 16.5 Å². The highest BCUT2D eigenvalue weighted by molar-refractivity contribution is 9.08. The molecule has 1 aromatic carbocycles. The molecule has 0 bridgehead atoms. The lowest BCUT2D eigenvalue weighted by molar-refractivity contribution is -0.136. The van der Waals surface area contributed by atoms with Gasteiger partial charge >= 0.3 is 5.97 Å². The Balaban J connectivity index is 3.35. The second-order valence-electron chi connectivity index (χ2n) is 3.21. The largest absolute Gasteiger partial charge is 0.481 e. The van der Waals surface area contributed by atoms with Crippen molar-refractivity contribution in [1.82, 2.24) is 0 Å². The van der Waals surface area contributed by atoms with Crippen molar-refractivity contribution in [2.75, 3.05) is 0 Å². The van der Waals surface area contributed by atoms with Crippen molar-refractivity contribution in [3.63, 3.8) is 0 Å². The molecule has 78 valence electrons. The number of carbonyl (C=O) groups is 1. The fraction of sp³-hybridized carbons (Fsp3) is 0.273. The van der Waals surface area contributed by atoms with E-state index in [-0.39, 0.29) is 6.42 Å². The number of aryl methyl sites for hydroxylation is 1. The smallest absolute Gasteiger partial charge is 0.307 e. The fourth-order valence-electron chi connectivity index (χ4n) is 1.44. The molecule has 0 amide bonds. The predicted molar refractivity (Wildman–Crippen MR) is 59.9 cm³/mol. The van der Waals surface area contributed by atoms with Crippen LogP contribution in [0.2, 0.25) is 0 Å². The molecule has 0 heterocycles. The Morgan fingerprint density at radius 3 is 2.73 bits per heavy atom. The minimum Gasteiger partial charge on any atom is -0.481 e. The quantitative estimate of drug-likeness (QED) is 0.856. The van der Waals surface area contributed by atoms with Crippen LogP contribution in [0.4, 0.5) is 0 Å². The highest BCUT2D eigenvalue weighted by Gasteiger charge is 2.13. The highest BCUT2D eigenvalue weighted by Crippen LogP contribution is 2.21. The van der Waals surface area contributed by atoms with E-state index in [9.17, 15) is 4.79 Å². The maximum Gasteiger partial charge on any atom is 0.307 e. The molecule has 0 aromatic heterocycles. The molecule has 1 rings (SSSR count). The summed E-state index contributed by atoms with van der Waals surface area (Å²) in [5.41, 5.74) is 2.77. The summed E-state index contributed by atoms with van der Waals surface area (Å²) >= 11 is 3.28. The third-order valence-electron chi connectivity index (χ3n) is 2.20. The van der Waals surface area contributed by atoms with E-state index in [1.54, 1.807) is 0 Å². The topological polar surface area (TPSA) is 61.1 Å². The van der Waals surface area contributed by atoms with E-state index < -0.39 is 5.97 Å². The standard InChI is InChI=1S/C11H10BrNO2/c1-7-2-3-8(5-12)9(4-11(14)15)10(7)6-13/h2-3H,4-5H2,1H3,(H,14,15). The molecule has 15 heavy (non-hydrogen) atoms. The normalized spacial score (nSPS) is 9.67. The Morgan fingerprint density at radius 1 is 1.60 bits per heavy atom. The van der Waals surface area contributed by atoms with Gasteiger partial charge in [-0.3, -0.25) is 4.79 Å². The van der Waals surface area contributed by atoms with Crippen molar-refractivity contribution in [3.05, 3.63) is 34.4 Å². The van der Waals surface area contributed by atoms with Crippen LogP contribution in [-0.2, 0) is 16.5 Å². The first kappa shape index (κ1) is 11.7. The van der Waals surface area contributed by atoms with Crippen molar-refractivity contribution in [1.29, 1.82) is 5.26 Å². The maximum atomic E-state index is 10.7. The molecule has 0 aliphatic heterocycles. The van der Waals surface area contributed by atoms with E-state index in [0.717, 1.165) is 11.1 Å². The monoisotopic (exact) mass is 267 g/mol. The van der Waals surface area contributed by atoms with Crippen molar-refractivity contribution in [3.8, 4) is 6.07 Å². The molecule has 0 spiro atoms. The summed E-state index contributed by atoms with van der Waals surface area (Å²) in [6, 6.07) is 5.74. The van der Waals surface area contributed by atoms with Crippen LogP contribution < -0.4 is 0 Å². The van der Waals surface area contributed by atoms with E-state index in [1.807, 2.05) is 19.1 Å². The minimum absolute atomic E-state index is 0.106. The Hall–Kier alpha value is -1.34. The molecule has 0 fully saturated rings. The van der Waals surface area contributed by atoms with Gasteiger partial charge in [-0.05, 0) is 23.6 Å². The zero-order valence-electron chi connectivity index (χ0n) is 8.25. The second kappa shape index (κ2) is 4.94. The predicted octanol–water partition coefficient (Wildman–Crippen LogP) is 2.39. The summed E-state index contributed by atoms with van der Waals surface area (Å²) in [6.45, 7) is 1.81. The number of nitrogens with zero attached hydrogens (tertiary/aromatic N) is 1. The van der Waals surface area contributed by atoms with Crippen molar-refractivity contribution >= 4 is 21.9 Å². The van der Waals surface area contributed by atoms with Gasteiger partial charge in [0.15, 0.2) is 0 Å². The molecule has 3 nitrogen and oxygen atoms in total. The Kier molecular flexibility index (Phi) is 3.87. The van der Waals surface area contributed by atoms with Gasteiger partial charge in [0, 0.05) is 5.33 Å². The molecule has 0 radical (unpaired) electrons. The van der Waals surface area contributed by atoms with E-state index >= 15 is 0 Å². The summed E-state index contributed by atoms with van der Waals surface area (Å²) in [7, 11) is 0. The van der Waals surface area contributed by atoms with Gasteiger partial charge in [0.1, 0.15) is 0 Å². The van der Waals surface area contributed by atoms with Gasteiger partial charge in [0.05, 0.1) is 18.1 Å². The van der Waals surface area contributed by atoms with Gasteiger partial charge in [-0.2, -0.15) is 5.26 Å². The molecule has 0 saturated carbocycles. The summed E-state index contributed by atoms with van der Waals surface area (Å²) in [5, 5.41) is 18.3. The lowest BCUT2D eigenvalue weighted by Crippen LogP contribution is -2.06. The number of nitriles is 1. The molecule has 0 aliphatic carbocycles. The number of carboxylic acids is 1. The number of alkyl halides is 1. The molecule has 0 aliphatic rings. The van der Waals surface area contributed by atoms with Gasteiger partial charge in [0.25, 0.3) is 0 Å². The van der Waals surface area contributed by atoms with E-state index in [2.05, 4.69) is 22.0 Å². The molecule has 4 heteroatoms. The van der Waals surface area contributed by atoms with Gasteiger partial charge in [0.2, 0.25) is 0 Å². The zero-order valence-corrected chi connectivity index (χ0v) is 9.84. The number of aliphatic carboxylic acids is 1. The SMILES string of the molecule is Cc1ccc(CBr)c(CC(=O)O)c1C#N. The molecule has 1 N–H and O–H groups in total. The van der Waals surface area contributed by atoms with E-state index in [1.165, 1.54) is 0 Å². The van der Waals surface area contributed by atoms with Gasteiger partial charge in [-0.15, -0.1) is 0 Å². The third kappa shape index (κ3) is 2.57. The minimum atomic E-state index is -0.917. The molecule has 0 atom stereocenters. The number of hydrogen-bond donors (Lipinski definition) is 1. The van der Waals surface area contributed by atoms with Crippen molar-refractivity contribution < 1.29 is 9.90 Å². The van der Waals surface area contributed by atoms with Crippen molar-refractivity contribution in [2.24, 2.45) is 0 Å². The number of carboxylic acid groups (broad SMARTS) is 1. The number of rotatable bonds is 3. The summed E-state index contributed by atoms with van der Waals surface area (Å²) in [4.78, 5) is 10.7. The Morgan fingerprint density at radius 2 is 2.27 bits per heavy atom. The average Bonchev–Trinajstić information content (AvgIpc) is 2.18. The molecular formula is C11H10BrNO2. The Bertz CT molecular complexity index is 435. The van der Waals surface area contributed by atoms with Crippen molar-refractivity contribution in [2.45, 2.75) is 18.7 Å². The average molecular weight is 268 g/mol. The van der Waals surface area contributed by atoms with E-state index in [4.69, 9.17) is 10.4 Å². The Labute approximate surface area is 96.5 Å². The zero-order chi connectivity index (χ0) is 11.4. The fourth-order valence-corrected chi connectivity index (χ4v) is 1.97. The van der Waals surface area contributed by atoms with Gasteiger partial charge in [-0.25, -0.2) is 0 Å². The molecule has 0 unspecified atom stereocenters.